The van der Waals surface area contributed by atoms with Crippen LogP contribution in [0.5, 0.6) is 0 Å². The van der Waals surface area contributed by atoms with Gasteiger partial charge < -0.3 is 64.7 Å². The van der Waals surface area contributed by atoms with Crippen LogP contribution in [-0.2, 0) is 23.7 Å². The van der Waals surface area contributed by atoms with Gasteiger partial charge in [0, 0.05) is 0 Å². The highest BCUT2D eigenvalue weighted by molar-refractivity contribution is 5.68. The summed E-state index contributed by atoms with van der Waals surface area (Å²) in [5.74, 6) is -0.513. The van der Waals surface area contributed by atoms with E-state index in [0.717, 1.165) is 0 Å². The third-order valence-electron chi connectivity index (χ3n) is 7.76. The lowest BCUT2D eigenvalue weighted by molar-refractivity contribution is -0.340. The van der Waals surface area contributed by atoms with Crippen molar-refractivity contribution in [1.82, 2.24) is 5.32 Å². The molecule has 2 aliphatic heterocycles. The highest BCUT2D eigenvalue weighted by Crippen LogP contribution is 2.37. The largest absolute Gasteiger partial charge is 0.444 e. The van der Waals surface area contributed by atoms with Crippen LogP contribution in [-0.4, -0.2) is 134 Å². The molecule has 15 atom stereocenters. The van der Waals surface area contributed by atoms with E-state index in [9.17, 15) is 40.5 Å². The van der Waals surface area contributed by atoms with Crippen LogP contribution in [0, 0.1) is 11.8 Å². The van der Waals surface area contributed by atoms with E-state index in [1.807, 2.05) is 13.8 Å². The highest BCUT2D eigenvalue weighted by Gasteiger charge is 2.52. The van der Waals surface area contributed by atoms with E-state index in [1.54, 1.807) is 27.7 Å². The summed E-state index contributed by atoms with van der Waals surface area (Å²) in [5.41, 5.74) is -0.842. The number of aliphatic hydroxyl groups is 7. The van der Waals surface area contributed by atoms with Crippen molar-refractivity contribution in [2.24, 2.45) is 11.8 Å². The van der Waals surface area contributed by atoms with E-state index >= 15 is 0 Å². The van der Waals surface area contributed by atoms with E-state index in [0.29, 0.717) is 12.8 Å². The molecule has 0 bridgehead atoms. The maximum absolute atomic E-state index is 12.4. The summed E-state index contributed by atoms with van der Waals surface area (Å²) in [6, 6.07) is -1.32. The third kappa shape index (κ3) is 7.42. The summed E-state index contributed by atoms with van der Waals surface area (Å²) in [6.45, 7) is 9.72. The lowest BCUT2D eigenvalue weighted by atomic mass is 9.77. The summed E-state index contributed by atoms with van der Waals surface area (Å²) in [5, 5.41) is 76.0. The summed E-state index contributed by atoms with van der Waals surface area (Å²) < 4.78 is 28.5. The Kier molecular flexibility index (Phi) is 11.2. The van der Waals surface area contributed by atoms with Crippen LogP contribution in [0.4, 0.5) is 4.79 Å². The van der Waals surface area contributed by atoms with Crippen LogP contribution in [0.1, 0.15) is 54.4 Å². The molecular formula is C26H47NO13. The van der Waals surface area contributed by atoms with Gasteiger partial charge in [0.15, 0.2) is 12.6 Å². The SMILES string of the molecule is CCC1OC(OC2C(C)CC(C)C(OC3OC(CO)C(O)C(NC(=O)OC(C)(C)C)C3O)C2O)C(O)C(O)C1O. The van der Waals surface area contributed by atoms with Gasteiger partial charge in [0.1, 0.15) is 48.3 Å². The van der Waals surface area contributed by atoms with Crippen LogP contribution in [0.3, 0.4) is 0 Å². The predicted octanol–water partition coefficient (Wildman–Crippen LogP) is -1.66. The zero-order valence-electron chi connectivity index (χ0n) is 23.9. The second-order valence-electron chi connectivity index (χ2n) is 12.2. The smallest absolute Gasteiger partial charge is 0.408 e. The summed E-state index contributed by atoms with van der Waals surface area (Å²) in [7, 11) is 0. The third-order valence-corrected chi connectivity index (χ3v) is 7.76. The summed E-state index contributed by atoms with van der Waals surface area (Å²) in [4.78, 5) is 12.4. The van der Waals surface area contributed by atoms with Crippen LogP contribution in [0.15, 0.2) is 0 Å². The van der Waals surface area contributed by atoms with Gasteiger partial charge in [0.25, 0.3) is 0 Å². The molecule has 1 amide bonds. The fourth-order valence-corrected chi connectivity index (χ4v) is 5.63. The molecule has 2 saturated heterocycles. The molecule has 14 nitrogen and oxygen atoms in total. The molecule has 3 rings (SSSR count). The van der Waals surface area contributed by atoms with Crippen LogP contribution in [0.2, 0.25) is 0 Å². The number of hydrogen-bond donors (Lipinski definition) is 8. The monoisotopic (exact) mass is 581 g/mol. The van der Waals surface area contributed by atoms with Crippen molar-refractivity contribution in [2.45, 2.75) is 140 Å². The van der Waals surface area contributed by atoms with Crippen molar-refractivity contribution < 1.29 is 64.2 Å². The number of amides is 1. The zero-order valence-corrected chi connectivity index (χ0v) is 23.9. The lowest BCUT2D eigenvalue weighted by Crippen LogP contribution is -2.66. The minimum Gasteiger partial charge on any atom is -0.444 e. The topological polar surface area (TPSA) is 217 Å². The van der Waals surface area contributed by atoms with Gasteiger partial charge in [-0.2, -0.15) is 0 Å². The van der Waals surface area contributed by atoms with E-state index in [-0.39, 0.29) is 11.8 Å². The Morgan fingerprint density at radius 3 is 1.82 bits per heavy atom. The molecule has 0 aromatic rings. The molecule has 15 unspecified atom stereocenters. The van der Waals surface area contributed by atoms with Crippen molar-refractivity contribution in [3.63, 3.8) is 0 Å². The van der Waals surface area contributed by atoms with Crippen molar-refractivity contribution in [3.05, 3.63) is 0 Å². The number of aliphatic hydroxyl groups excluding tert-OH is 7. The van der Waals surface area contributed by atoms with Crippen molar-refractivity contribution >= 4 is 6.09 Å². The maximum Gasteiger partial charge on any atom is 0.408 e. The fraction of sp³-hybridized carbons (Fsp3) is 0.962. The number of rotatable bonds is 7. The zero-order chi connectivity index (χ0) is 30.1. The van der Waals surface area contributed by atoms with Gasteiger partial charge in [0.2, 0.25) is 0 Å². The molecule has 0 spiro atoms. The fourth-order valence-electron chi connectivity index (χ4n) is 5.63. The highest BCUT2D eigenvalue weighted by atomic mass is 16.7. The molecule has 234 valence electrons. The Morgan fingerprint density at radius 1 is 0.800 bits per heavy atom. The number of carbonyl (C=O) groups excluding carboxylic acids is 1. The quantitative estimate of drug-likeness (QED) is 0.169. The van der Waals surface area contributed by atoms with Crippen molar-refractivity contribution in [3.8, 4) is 0 Å². The van der Waals surface area contributed by atoms with E-state index in [4.69, 9.17) is 23.7 Å². The second-order valence-corrected chi connectivity index (χ2v) is 12.2. The first kappa shape index (κ1) is 33.3. The average molecular weight is 582 g/mol. The number of ether oxygens (including phenoxy) is 5. The second kappa shape index (κ2) is 13.4. The van der Waals surface area contributed by atoms with E-state index < -0.39 is 98.0 Å². The Bertz CT molecular complexity index is 825. The van der Waals surface area contributed by atoms with Gasteiger partial charge in [-0.05, 0) is 45.4 Å². The number of hydrogen-bond acceptors (Lipinski definition) is 13. The molecule has 1 saturated carbocycles. The van der Waals surface area contributed by atoms with Crippen LogP contribution >= 0.6 is 0 Å². The molecule has 40 heavy (non-hydrogen) atoms. The standard InChI is InChI=1S/C26H47NO13/c1-7-12-16(30)18(32)19(33)24(36-12)39-22-11(3)8-10(2)21(20(22)34)38-23-17(31)14(15(29)13(9-28)37-23)27-25(35)40-26(4,5)6/h10-24,28-34H,7-9H2,1-6H3,(H,27,35). The minimum absolute atomic E-state index is 0.240. The molecule has 3 aliphatic rings. The molecular weight excluding hydrogens is 534 g/mol. The first-order chi connectivity index (χ1) is 18.6. The minimum atomic E-state index is -1.60. The Morgan fingerprint density at radius 2 is 1.32 bits per heavy atom. The van der Waals surface area contributed by atoms with Gasteiger partial charge in [-0.15, -0.1) is 0 Å². The molecule has 8 N–H and O–H groups in total. The Hall–Kier alpha value is -1.17. The first-order valence-corrected chi connectivity index (χ1v) is 13.9. The normalized spacial score (nSPS) is 46.6. The Balaban J connectivity index is 1.75. The molecule has 0 aromatic heterocycles. The first-order valence-electron chi connectivity index (χ1n) is 13.9. The predicted molar refractivity (Wildman–Crippen MR) is 137 cm³/mol. The molecule has 0 radical (unpaired) electrons. The van der Waals surface area contributed by atoms with Crippen LogP contribution in [0.25, 0.3) is 0 Å². The van der Waals surface area contributed by atoms with Crippen molar-refractivity contribution in [2.75, 3.05) is 6.61 Å². The van der Waals surface area contributed by atoms with Gasteiger partial charge >= 0.3 is 6.09 Å². The van der Waals surface area contributed by atoms with Gasteiger partial charge in [0.05, 0.1) is 31.0 Å². The molecule has 14 heteroatoms. The number of carbonyl (C=O) groups is 1. The molecule has 3 fully saturated rings. The maximum atomic E-state index is 12.4. The number of nitrogens with one attached hydrogen (secondary N) is 1. The van der Waals surface area contributed by atoms with Crippen molar-refractivity contribution in [1.29, 1.82) is 0 Å². The van der Waals surface area contributed by atoms with Crippen LogP contribution < -0.4 is 5.32 Å². The Labute approximate surface area is 234 Å². The van der Waals surface area contributed by atoms with Gasteiger partial charge in [-0.3, -0.25) is 0 Å². The molecule has 0 aromatic carbocycles. The van der Waals surface area contributed by atoms with Gasteiger partial charge in [-0.25, -0.2) is 4.79 Å². The summed E-state index contributed by atoms with van der Waals surface area (Å²) in [6.07, 6.45) is -15.5. The molecule has 1 aliphatic carbocycles. The summed E-state index contributed by atoms with van der Waals surface area (Å²) >= 11 is 0. The molecule has 2 heterocycles. The van der Waals surface area contributed by atoms with Gasteiger partial charge in [-0.1, -0.05) is 20.8 Å². The number of alkyl carbamates (subject to hydrolysis) is 1. The average Bonchev–Trinajstić information content (AvgIpc) is 2.86. The van der Waals surface area contributed by atoms with E-state index in [1.165, 1.54) is 0 Å². The lowest BCUT2D eigenvalue weighted by Gasteiger charge is -2.48. The van der Waals surface area contributed by atoms with E-state index in [2.05, 4.69) is 5.32 Å².